The van der Waals surface area contributed by atoms with Gasteiger partial charge in [-0.25, -0.2) is 8.42 Å². The fourth-order valence-electron chi connectivity index (χ4n) is 2.72. The van der Waals surface area contributed by atoms with Crippen molar-refractivity contribution in [3.8, 4) is 5.75 Å². The summed E-state index contributed by atoms with van der Waals surface area (Å²) in [4.78, 5) is 13.6. The summed E-state index contributed by atoms with van der Waals surface area (Å²) in [6, 6.07) is 13.4. The number of carbonyl (C=O) groups excluding carboxylic acids is 1. The minimum Gasteiger partial charge on any atom is -0.497 e. The summed E-state index contributed by atoms with van der Waals surface area (Å²) in [5.41, 5.74) is 1.48. The maximum absolute atomic E-state index is 12.4. The van der Waals surface area contributed by atoms with E-state index in [1.807, 2.05) is 12.1 Å². The van der Waals surface area contributed by atoms with Gasteiger partial charge >= 0.3 is 0 Å². The highest BCUT2D eigenvalue weighted by Crippen LogP contribution is 2.23. The second-order valence-electron chi connectivity index (χ2n) is 5.85. The Bertz CT molecular complexity index is 836. The molecule has 2 aromatic carbocycles. The first-order valence-corrected chi connectivity index (χ1v) is 9.50. The van der Waals surface area contributed by atoms with E-state index < -0.39 is 10.0 Å². The molecule has 1 N–H and O–H groups in total. The number of nitrogens with zero attached hydrogens (tertiary/aromatic N) is 1. The Hall–Kier alpha value is -2.54. The van der Waals surface area contributed by atoms with E-state index in [0.29, 0.717) is 43.2 Å². The molecule has 1 aliphatic rings. The Balaban J connectivity index is 1.70. The van der Waals surface area contributed by atoms with Crippen molar-refractivity contribution in [3.63, 3.8) is 0 Å². The monoisotopic (exact) mass is 360 g/mol. The van der Waals surface area contributed by atoms with E-state index in [9.17, 15) is 13.2 Å². The van der Waals surface area contributed by atoms with Crippen LogP contribution in [0.5, 0.6) is 5.75 Å². The van der Waals surface area contributed by atoms with Crippen LogP contribution in [0, 0.1) is 0 Å². The molecule has 25 heavy (non-hydrogen) atoms. The lowest BCUT2D eigenvalue weighted by molar-refractivity contribution is -0.119. The van der Waals surface area contributed by atoms with Gasteiger partial charge in [0.15, 0.2) is 0 Å². The Morgan fingerprint density at radius 1 is 0.960 bits per heavy atom. The SMILES string of the molecule is COc1ccc(S(=O)(=O)Nc2ccc(N3CCC(=O)CC3)cc2)cc1. The lowest BCUT2D eigenvalue weighted by Crippen LogP contribution is -2.33. The number of carbonyl (C=O) groups is 1. The van der Waals surface area contributed by atoms with Crippen molar-refractivity contribution in [1.82, 2.24) is 0 Å². The third-order valence-electron chi connectivity index (χ3n) is 4.18. The second-order valence-corrected chi connectivity index (χ2v) is 7.54. The van der Waals surface area contributed by atoms with Crippen LogP contribution >= 0.6 is 0 Å². The normalized spacial score (nSPS) is 15.1. The van der Waals surface area contributed by atoms with Crippen LogP contribution in [0.4, 0.5) is 11.4 Å². The number of Topliss-reactive ketones (excluding diaryl/α,β-unsaturated/α-hetero) is 1. The molecule has 2 aromatic rings. The van der Waals surface area contributed by atoms with Gasteiger partial charge in [-0.1, -0.05) is 0 Å². The third kappa shape index (κ3) is 4.11. The average molecular weight is 360 g/mol. The fourth-order valence-corrected chi connectivity index (χ4v) is 3.78. The molecule has 132 valence electrons. The van der Waals surface area contributed by atoms with Crippen LogP contribution in [0.1, 0.15) is 12.8 Å². The zero-order chi connectivity index (χ0) is 17.9. The summed E-state index contributed by atoms with van der Waals surface area (Å²) in [7, 11) is -2.12. The maximum Gasteiger partial charge on any atom is 0.261 e. The molecule has 3 rings (SSSR count). The minimum atomic E-state index is -3.65. The van der Waals surface area contributed by atoms with Crippen LogP contribution in [-0.4, -0.2) is 34.4 Å². The molecule has 0 unspecified atom stereocenters. The third-order valence-corrected chi connectivity index (χ3v) is 5.57. The predicted octanol–water partition coefficient (Wildman–Crippen LogP) is 2.67. The highest BCUT2D eigenvalue weighted by Gasteiger charge is 2.17. The van der Waals surface area contributed by atoms with E-state index >= 15 is 0 Å². The van der Waals surface area contributed by atoms with E-state index in [4.69, 9.17) is 4.74 Å². The molecule has 6 nitrogen and oxygen atoms in total. The first kappa shape index (κ1) is 17.3. The Labute approximate surface area is 147 Å². The minimum absolute atomic E-state index is 0.173. The number of anilines is 2. The molecule has 7 heteroatoms. The molecule has 0 saturated carbocycles. The highest BCUT2D eigenvalue weighted by molar-refractivity contribution is 7.92. The van der Waals surface area contributed by atoms with Crippen LogP contribution in [0.25, 0.3) is 0 Å². The Morgan fingerprint density at radius 2 is 1.56 bits per heavy atom. The second kappa shape index (κ2) is 7.14. The summed E-state index contributed by atoms with van der Waals surface area (Å²) in [5.74, 6) is 0.892. The molecular weight excluding hydrogens is 340 g/mol. The Morgan fingerprint density at radius 3 is 2.12 bits per heavy atom. The van der Waals surface area contributed by atoms with Crippen molar-refractivity contribution >= 4 is 27.2 Å². The average Bonchev–Trinajstić information content (AvgIpc) is 2.63. The maximum atomic E-state index is 12.4. The number of hydrogen-bond donors (Lipinski definition) is 1. The molecule has 0 bridgehead atoms. The molecular formula is C18H20N2O4S. The molecule has 1 fully saturated rings. The van der Waals surface area contributed by atoms with Gasteiger partial charge in [-0.3, -0.25) is 9.52 Å². The van der Waals surface area contributed by atoms with Gasteiger partial charge in [0.25, 0.3) is 10.0 Å². The van der Waals surface area contributed by atoms with E-state index in [2.05, 4.69) is 9.62 Å². The lowest BCUT2D eigenvalue weighted by atomic mass is 10.1. The molecule has 0 atom stereocenters. The standard InChI is InChI=1S/C18H20N2O4S/c1-24-17-6-8-18(9-7-17)25(22,23)19-14-2-4-15(5-3-14)20-12-10-16(21)11-13-20/h2-9,19H,10-13H2,1H3. The number of piperidine rings is 1. The van der Waals surface area contributed by atoms with Crippen molar-refractivity contribution in [2.24, 2.45) is 0 Å². The number of methoxy groups -OCH3 is 1. The van der Waals surface area contributed by atoms with Gasteiger partial charge in [0.2, 0.25) is 0 Å². The first-order valence-electron chi connectivity index (χ1n) is 8.01. The molecule has 1 heterocycles. The predicted molar refractivity (Wildman–Crippen MR) is 96.7 cm³/mol. The molecule has 0 radical (unpaired) electrons. The van der Waals surface area contributed by atoms with Gasteiger partial charge in [-0.2, -0.15) is 0 Å². The van der Waals surface area contributed by atoms with E-state index in [1.165, 1.54) is 19.2 Å². The first-order chi connectivity index (χ1) is 12.0. The van der Waals surface area contributed by atoms with E-state index in [-0.39, 0.29) is 4.90 Å². The topological polar surface area (TPSA) is 75.7 Å². The smallest absolute Gasteiger partial charge is 0.261 e. The van der Waals surface area contributed by atoms with Gasteiger partial charge in [0.05, 0.1) is 12.0 Å². The van der Waals surface area contributed by atoms with Crippen LogP contribution in [-0.2, 0) is 14.8 Å². The van der Waals surface area contributed by atoms with Crippen molar-refractivity contribution < 1.29 is 17.9 Å². The van der Waals surface area contributed by atoms with Gasteiger partial charge in [-0.15, -0.1) is 0 Å². The quantitative estimate of drug-likeness (QED) is 0.887. The number of benzene rings is 2. The summed E-state index contributed by atoms with van der Waals surface area (Å²) in [5, 5.41) is 0. The number of ketones is 1. The summed E-state index contributed by atoms with van der Waals surface area (Å²) >= 11 is 0. The summed E-state index contributed by atoms with van der Waals surface area (Å²) in [6.07, 6.45) is 1.12. The van der Waals surface area contributed by atoms with E-state index in [0.717, 1.165) is 5.69 Å². The van der Waals surface area contributed by atoms with Gasteiger partial charge in [0.1, 0.15) is 11.5 Å². The van der Waals surface area contributed by atoms with Crippen molar-refractivity contribution in [3.05, 3.63) is 48.5 Å². The number of sulfonamides is 1. The lowest BCUT2D eigenvalue weighted by Gasteiger charge is -2.28. The van der Waals surface area contributed by atoms with Gasteiger partial charge in [-0.05, 0) is 48.5 Å². The largest absolute Gasteiger partial charge is 0.497 e. The molecule has 0 spiro atoms. The van der Waals surface area contributed by atoms with Crippen LogP contribution in [0.3, 0.4) is 0 Å². The van der Waals surface area contributed by atoms with E-state index in [1.54, 1.807) is 24.3 Å². The zero-order valence-corrected chi connectivity index (χ0v) is 14.8. The molecule has 1 aliphatic heterocycles. The zero-order valence-electron chi connectivity index (χ0n) is 13.9. The van der Waals surface area contributed by atoms with Crippen LogP contribution < -0.4 is 14.4 Å². The van der Waals surface area contributed by atoms with Crippen molar-refractivity contribution in [2.45, 2.75) is 17.7 Å². The molecule has 1 saturated heterocycles. The van der Waals surface area contributed by atoms with Crippen LogP contribution in [0.15, 0.2) is 53.4 Å². The molecule has 0 aromatic heterocycles. The van der Waals surface area contributed by atoms with Gasteiger partial charge in [0, 0.05) is 37.3 Å². The molecule has 0 amide bonds. The van der Waals surface area contributed by atoms with Crippen LogP contribution in [0.2, 0.25) is 0 Å². The summed E-state index contributed by atoms with van der Waals surface area (Å²) < 4.78 is 32.5. The van der Waals surface area contributed by atoms with Crippen molar-refractivity contribution in [2.75, 3.05) is 29.8 Å². The number of hydrogen-bond acceptors (Lipinski definition) is 5. The number of rotatable bonds is 5. The number of nitrogens with one attached hydrogen (secondary N) is 1. The number of ether oxygens (including phenoxy) is 1. The fraction of sp³-hybridized carbons (Fsp3) is 0.278. The molecule has 0 aliphatic carbocycles. The van der Waals surface area contributed by atoms with Crippen molar-refractivity contribution in [1.29, 1.82) is 0 Å². The Kier molecular flexibility index (Phi) is 4.94. The summed E-state index contributed by atoms with van der Waals surface area (Å²) in [6.45, 7) is 1.41. The van der Waals surface area contributed by atoms with Gasteiger partial charge < -0.3 is 9.64 Å². The highest BCUT2D eigenvalue weighted by atomic mass is 32.2.